The number of hydrogen-bond donors (Lipinski definition) is 0. The van der Waals surface area contributed by atoms with Crippen LogP contribution in [-0.2, 0) is 6.54 Å². The predicted octanol–water partition coefficient (Wildman–Crippen LogP) is 3.53. The van der Waals surface area contributed by atoms with Crippen LogP contribution in [0.15, 0.2) is 54.6 Å². The van der Waals surface area contributed by atoms with Crippen molar-refractivity contribution in [3.8, 4) is 6.07 Å². The molecule has 18 heavy (non-hydrogen) atoms. The van der Waals surface area contributed by atoms with Crippen LogP contribution in [-0.4, -0.2) is 6.54 Å². The Kier molecular flexibility index (Phi) is 3.98. The van der Waals surface area contributed by atoms with Gasteiger partial charge in [-0.2, -0.15) is 5.26 Å². The minimum absolute atomic E-state index is 0.401. The van der Waals surface area contributed by atoms with Crippen LogP contribution in [0.1, 0.15) is 11.1 Å². The molecule has 0 unspecified atom stereocenters. The summed E-state index contributed by atoms with van der Waals surface area (Å²) < 4.78 is 0. The maximum atomic E-state index is 8.94. The van der Waals surface area contributed by atoms with Crippen molar-refractivity contribution >= 4 is 5.69 Å². The third-order valence-electron chi connectivity index (χ3n) is 2.88. The lowest BCUT2D eigenvalue weighted by Crippen LogP contribution is -2.22. The summed E-state index contributed by atoms with van der Waals surface area (Å²) in [4.78, 5) is 2.08. The summed E-state index contributed by atoms with van der Waals surface area (Å²) in [7, 11) is 0. The van der Waals surface area contributed by atoms with Crippen molar-refractivity contribution in [1.82, 2.24) is 0 Å². The monoisotopic (exact) mass is 236 g/mol. The summed E-state index contributed by atoms with van der Waals surface area (Å²) >= 11 is 0. The smallest absolute Gasteiger partial charge is 0.106 e. The minimum Gasteiger partial charge on any atom is -0.354 e. The van der Waals surface area contributed by atoms with Crippen LogP contribution < -0.4 is 4.90 Å². The first kappa shape index (κ1) is 12.2. The van der Waals surface area contributed by atoms with E-state index in [4.69, 9.17) is 5.26 Å². The highest BCUT2D eigenvalue weighted by Crippen LogP contribution is 2.17. The average molecular weight is 236 g/mol. The second-order valence-corrected chi connectivity index (χ2v) is 4.34. The van der Waals surface area contributed by atoms with Crippen molar-refractivity contribution in [3.63, 3.8) is 0 Å². The second-order valence-electron chi connectivity index (χ2n) is 4.34. The highest BCUT2D eigenvalue weighted by atomic mass is 15.1. The van der Waals surface area contributed by atoms with Crippen molar-refractivity contribution in [2.75, 3.05) is 11.4 Å². The standard InChI is InChI=1S/C16H16N2/c1-14-7-9-16(10-8-14)18(12-11-17)13-15-5-3-2-4-6-15/h2-10H,12-13H2,1H3. The summed E-state index contributed by atoms with van der Waals surface area (Å²) in [5, 5.41) is 8.94. The van der Waals surface area contributed by atoms with Gasteiger partial charge in [-0.3, -0.25) is 0 Å². The van der Waals surface area contributed by atoms with Gasteiger partial charge in [0, 0.05) is 12.2 Å². The van der Waals surface area contributed by atoms with Gasteiger partial charge in [-0.15, -0.1) is 0 Å². The van der Waals surface area contributed by atoms with Gasteiger partial charge >= 0.3 is 0 Å². The number of rotatable bonds is 4. The molecule has 0 spiro atoms. The van der Waals surface area contributed by atoms with Gasteiger partial charge in [0.1, 0.15) is 6.54 Å². The van der Waals surface area contributed by atoms with Crippen molar-refractivity contribution < 1.29 is 0 Å². The van der Waals surface area contributed by atoms with Crippen LogP contribution in [0.2, 0.25) is 0 Å². The van der Waals surface area contributed by atoms with E-state index in [2.05, 4.69) is 54.3 Å². The molecule has 2 nitrogen and oxygen atoms in total. The Labute approximate surface area is 108 Å². The van der Waals surface area contributed by atoms with E-state index in [-0.39, 0.29) is 0 Å². The number of anilines is 1. The fraction of sp³-hybridized carbons (Fsp3) is 0.188. The van der Waals surface area contributed by atoms with Gasteiger partial charge in [-0.25, -0.2) is 0 Å². The molecule has 0 heterocycles. The molecule has 0 radical (unpaired) electrons. The minimum atomic E-state index is 0.401. The molecule has 2 heteroatoms. The lowest BCUT2D eigenvalue weighted by Gasteiger charge is -2.22. The molecule has 90 valence electrons. The zero-order valence-electron chi connectivity index (χ0n) is 10.5. The van der Waals surface area contributed by atoms with Crippen LogP contribution in [0.5, 0.6) is 0 Å². The SMILES string of the molecule is Cc1ccc(N(CC#N)Cc2ccccc2)cc1. The molecule has 0 N–H and O–H groups in total. The van der Waals surface area contributed by atoms with Crippen molar-refractivity contribution in [3.05, 3.63) is 65.7 Å². The molecule has 2 rings (SSSR count). The fourth-order valence-electron chi connectivity index (χ4n) is 1.88. The summed E-state index contributed by atoms with van der Waals surface area (Å²) in [6.45, 7) is 3.23. The average Bonchev–Trinajstić information content (AvgIpc) is 2.40. The first-order valence-corrected chi connectivity index (χ1v) is 6.02. The molecule has 0 bridgehead atoms. The van der Waals surface area contributed by atoms with Crippen LogP contribution in [0.25, 0.3) is 0 Å². The molecule has 0 aromatic heterocycles. The summed E-state index contributed by atoms with van der Waals surface area (Å²) in [5.74, 6) is 0. The van der Waals surface area contributed by atoms with Crippen molar-refractivity contribution in [2.45, 2.75) is 13.5 Å². The number of nitriles is 1. The van der Waals surface area contributed by atoms with E-state index < -0.39 is 0 Å². The third-order valence-corrected chi connectivity index (χ3v) is 2.88. The number of nitrogens with zero attached hydrogens (tertiary/aromatic N) is 2. The van der Waals surface area contributed by atoms with Crippen LogP contribution in [0.4, 0.5) is 5.69 Å². The molecule has 2 aromatic rings. The molecule has 0 saturated carbocycles. The summed E-state index contributed by atoms with van der Waals surface area (Å²) in [6.07, 6.45) is 0. The van der Waals surface area contributed by atoms with Gasteiger partial charge in [0.2, 0.25) is 0 Å². The maximum Gasteiger partial charge on any atom is 0.106 e. The summed E-state index contributed by atoms with van der Waals surface area (Å²) in [5.41, 5.74) is 3.54. The first-order chi connectivity index (χ1) is 8.79. The van der Waals surface area contributed by atoms with E-state index in [1.165, 1.54) is 11.1 Å². The topological polar surface area (TPSA) is 27.0 Å². The van der Waals surface area contributed by atoms with E-state index in [1.54, 1.807) is 0 Å². The molecule has 0 amide bonds. The van der Waals surface area contributed by atoms with E-state index >= 15 is 0 Å². The van der Waals surface area contributed by atoms with Gasteiger partial charge in [-0.1, -0.05) is 48.0 Å². The Morgan fingerprint density at radius 2 is 1.67 bits per heavy atom. The predicted molar refractivity (Wildman–Crippen MR) is 74.3 cm³/mol. The lowest BCUT2D eigenvalue weighted by atomic mass is 10.1. The fourth-order valence-corrected chi connectivity index (χ4v) is 1.88. The quantitative estimate of drug-likeness (QED) is 0.759. The number of aryl methyl sites for hydroxylation is 1. The van der Waals surface area contributed by atoms with E-state index in [9.17, 15) is 0 Å². The van der Waals surface area contributed by atoms with Crippen LogP contribution in [0, 0.1) is 18.3 Å². The molecule has 0 atom stereocenters. The van der Waals surface area contributed by atoms with Gasteiger partial charge in [0.15, 0.2) is 0 Å². The molecule has 0 saturated heterocycles. The van der Waals surface area contributed by atoms with Crippen molar-refractivity contribution in [1.29, 1.82) is 5.26 Å². The Hall–Kier alpha value is -2.27. The third kappa shape index (κ3) is 3.11. The molecule has 0 aliphatic rings. The largest absolute Gasteiger partial charge is 0.354 e. The number of hydrogen-bond acceptors (Lipinski definition) is 2. The maximum absolute atomic E-state index is 8.94. The van der Waals surface area contributed by atoms with Gasteiger partial charge in [0.05, 0.1) is 6.07 Å². The molecule has 2 aromatic carbocycles. The molecule has 0 fully saturated rings. The Bertz CT molecular complexity index is 523. The summed E-state index contributed by atoms with van der Waals surface area (Å²) in [6, 6.07) is 20.7. The van der Waals surface area contributed by atoms with Crippen molar-refractivity contribution in [2.24, 2.45) is 0 Å². The zero-order chi connectivity index (χ0) is 12.8. The highest BCUT2D eigenvalue weighted by Gasteiger charge is 2.06. The first-order valence-electron chi connectivity index (χ1n) is 6.02. The van der Waals surface area contributed by atoms with E-state index in [0.29, 0.717) is 6.54 Å². The molecule has 0 aliphatic carbocycles. The van der Waals surface area contributed by atoms with E-state index in [1.807, 2.05) is 18.2 Å². The zero-order valence-corrected chi connectivity index (χ0v) is 10.5. The molecule has 0 aliphatic heterocycles. The Morgan fingerprint density at radius 3 is 2.28 bits per heavy atom. The van der Waals surface area contributed by atoms with Gasteiger partial charge in [-0.05, 0) is 24.6 Å². The van der Waals surface area contributed by atoms with Gasteiger partial charge in [0.25, 0.3) is 0 Å². The molecular weight excluding hydrogens is 220 g/mol. The Balaban J connectivity index is 2.18. The van der Waals surface area contributed by atoms with Gasteiger partial charge < -0.3 is 4.90 Å². The van der Waals surface area contributed by atoms with Crippen LogP contribution >= 0.6 is 0 Å². The van der Waals surface area contributed by atoms with E-state index in [0.717, 1.165) is 12.2 Å². The molecular formula is C16H16N2. The second kappa shape index (κ2) is 5.88. The normalized spacial score (nSPS) is 9.78. The lowest BCUT2D eigenvalue weighted by molar-refractivity contribution is 0.872. The highest BCUT2D eigenvalue weighted by molar-refractivity contribution is 5.48. The number of benzene rings is 2. The van der Waals surface area contributed by atoms with Crippen LogP contribution in [0.3, 0.4) is 0 Å². The Morgan fingerprint density at radius 1 is 1.00 bits per heavy atom.